The Morgan fingerprint density at radius 2 is 2.13 bits per heavy atom. The van der Waals surface area contributed by atoms with Gasteiger partial charge in [0.15, 0.2) is 0 Å². The van der Waals surface area contributed by atoms with E-state index < -0.39 is 0 Å². The third-order valence-corrected chi connectivity index (χ3v) is 3.58. The monoisotopic (exact) mass is 210 g/mol. The first kappa shape index (κ1) is 10.7. The van der Waals surface area contributed by atoms with Crippen molar-refractivity contribution in [3.63, 3.8) is 0 Å². The average Bonchev–Trinajstić information content (AvgIpc) is 2.09. The highest BCUT2D eigenvalue weighted by atomic mass is 16.5. The van der Waals surface area contributed by atoms with Crippen LogP contribution in [0.3, 0.4) is 0 Å². The summed E-state index contributed by atoms with van der Waals surface area (Å²) in [5.41, 5.74) is 0.214. The molecule has 0 aromatic carbocycles. The van der Waals surface area contributed by atoms with Crippen LogP contribution in [0.25, 0.3) is 0 Å². The van der Waals surface area contributed by atoms with E-state index in [4.69, 9.17) is 4.74 Å². The summed E-state index contributed by atoms with van der Waals surface area (Å²) in [6, 6.07) is 0. The highest BCUT2D eigenvalue weighted by molar-refractivity contribution is 5.87. The second-order valence-electron chi connectivity index (χ2n) is 5.02. The lowest BCUT2D eigenvalue weighted by Gasteiger charge is -2.51. The third-order valence-electron chi connectivity index (χ3n) is 3.58. The summed E-state index contributed by atoms with van der Waals surface area (Å²) >= 11 is 0. The second-order valence-corrected chi connectivity index (χ2v) is 5.02. The molecule has 2 rings (SSSR count). The van der Waals surface area contributed by atoms with E-state index in [0.717, 1.165) is 25.7 Å². The van der Waals surface area contributed by atoms with E-state index in [-0.39, 0.29) is 17.3 Å². The molecule has 0 saturated heterocycles. The van der Waals surface area contributed by atoms with Crippen LogP contribution in [0.4, 0.5) is 0 Å². The molecule has 84 valence electrons. The molecule has 3 heteroatoms. The maximum atomic E-state index is 11.5. The highest BCUT2D eigenvalue weighted by Gasteiger charge is 2.55. The van der Waals surface area contributed by atoms with Gasteiger partial charge in [0.25, 0.3) is 0 Å². The van der Waals surface area contributed by atoms with Crippen LogP contribution in [0.5, 0.6) is 0 Å². The number of Topliss-reactive ketones (excluding diaryl/α,β-unsaturated/α-hetero) is 1. The Bertz CT molecular complexity index is 267. The molecule has 1 spiro atoms. The minimum absolute atomic E-state index is 0.0478. The van der Waals surface area contributed by atoms with Crippen LogP contribution in [-0.2, 0) is 14.3 Å². The van der Waals surface area contributed by atoms with Gasteiger partial charge in [-0.3, -0.25) is 9.59 Å². The van der Waals surface area contributed by atoms with Crippen molar-refractivity contribution >= 4 is 11.8 Å². The molecule has 2 fully saturated rings. The van der Waals surface area contributed by atoms with Crippen molar-refractivity contribution in [2.24, 2.45) is 11.3 Å². The number of esters is 1. The fraction of sp³-hybridized carbons (Fsp3) is 0.833. The molecule has 0 bridgehead atoms. The summed E-state index contributed by atoms with van der Waals surface area (Å²) in [5, 5.41) is 0. The van der Waals surface area contributed by atoms with Crippen LogP contribution in [0.2, 0.25) is 0 Å². The van der Waals surface area contributed by atoms with E-state index in [1.54, 1.807) is 0 Å². The van der Waals surface area contributed by atoms with Crippen LogP contribution in [-0.4, -0.2) is 18.4 Å². The largest absolute Gasteiger partial charge is 0.465 e. The summed E-state index contributed by atoms with van der Waals surface area (Å²) in [5.74, 6) is 0.385. The lowest BCUT2D eigenvalue weighted by molar-refractivity contribution is -0.165. The van der Waals surface area contributed by atoms with Gasteiger partial charge in [0.1, 0.15) is 5.78 Å². The van der Waals surface area contributed by atoms with E-state index in [1.807, 2.05) is 0 Å². The lowest BCUT2D eigenvalue weighted by Crippen LogP contribution is -2.50. The van der Waals surface area contributed by atoms with Gasteiger partial charge < -0.3 is 4.74 Å². The van der Waals surface area contributed by atoms with Gasteiger partial charge in [0.05, 0.1) is 12.5 Å². The maximum Gasteiger partial charge on any atom is 0.308 e. The van der Waals surface area contributed by atoms with Gasteiger partial charge in [-0.25, -0.2) is 0 Å². The molecule has 2 saturated carbocycles. The van der Waals surface area contributed by atoms with Gasteiger partial charge in [-0.05, 0) is 24.7 Å². The van der Waals surface area contributed by atoms with Gasteiger partial charge in [-0.2, -0.15) is 0 Å². The maximum absolute atomic E-state index is 11.5. The summed E-state index contributed by atoms with van der Waals surface area (Å²) in [7, 11) is 0. The van der Waals surface area contributed by atoms with Crippen LogP contribution in [0.15, 0.2) is 0 Å². The molecule has 15 heavy (non-hydrogen) atoms. The van der Waals surface area contributed by atoms with Crippen LogP contribution >= 0.6 is 0 Å². The van der Waals surface area contributed by atoms with Crippen LogP contribution in [0, 0.1) is 11.3 Å². The molecule has 0 atom stereocenters. The molecular weight excluding hydrogens is 192 g/mol. The summed E-state index contributed by atoms with van der Waals surface area (Å²) in [6.07, 6.45) is 5.16. The number of unbranched alkanes of at least 4 members (excludes halogenated alkanes) is 1. The van der Waals surface area contributed by atoms with E-state index in [2.05, 4.69) is 6.92 Å². The quantitative estimate of drug-likeness (QED) is 0.527. The Morgan fingerprint density at radius 3 is 2.67 bits per heavy atom. The molecule has 3 nitrogen and oxygen atoms in total. The van der Waals surface area contributed by atoms with Crippen molar-refractivity contribution in [2.45, 2.75) is 45.4 Å². The first-order valence-corrected chi connectivity index (χ1v) is 5.83. The normalized spacial score (nSPS) is 23.4. The molecule has 0 amide bonds. The van der Waals surface area contributed by atoms with Gasteiger partial charge in [-0.15, -0.1) is 0 Å². The number of rotatable bonds is 4. The fourth-order valence-electron chi connectivity index (χ4n) is 2.66. The molecule has 0 aromatic rings. The van der Waals surface area contributed by atoms with Crippen LogP contribution in [0.1, 0.15) is 45.4 Å². The summed E-state index contributed by atoms with van der Waals surface area (Å²) in [6.45, 7) is 2.63. The number of hydrogen-bond acceptors (Lipinski definition) is 3. The molecule has 0 unspecified atom stereocenters. The predicted molar refractivity (Wildman–Crippen MR) is 55.3 cm³/mol. The van der Waals surface area contributed by atoms with E-state index >= 15 is 0 Å². The Morgan fingerprint density at radius 1 is 1.47 bits per heavy atom. The lowest BCUT2D eigenvalue weighted by atomic mass is 9.51. The number of ketones is 1. The van der Waals surface area contributed by atoms with Crippen molar-refractivity contribution in [3.8, 4) is 0 Å². The Labute approximate surface area is 90.2 Å². The molecule has 0 radical (unpaired) electrons. The molecule has 0 aromatic heterocycles. The van der Waals surface area contributed by atoms with E-state index in [1.165, 1.54) is 0 Å². The highest BCUT2D eigenvalue weighted by Crippen LogP contribution is 2.57. The molecule has 0 aliphatic heterocycles. The third kappa shape index (κ3) is 2.06. The fourth-order valence-corrected chi connectivity index (χ4v) is 2.66. The topological polar surface area (TPSA) is 43.4 Å². The van der Waals surface area contributed by atoms with Gasteiger partial charge in [0.2, 0.25) is 0 Å². The van der Waals surface area contributed by atoms with E-state index in [0.29, 0.717) is 25.2 Å². The van der Waals surface area contributed by atoms with Gasteiger partial charge in [0, 0.05) is 12.8 Å². The Balaban J connectivity index is 1.66. The van der Waals surface area contributed by atoms with Crippen molar-refractivity contribution in [1.82, 2.24) is 0 Å². The van der Waals surface area contributed by atoms with Crippen LogP contribution < -0.4 is 0 Å². The molecule has 0 heterocycles. The average molecular weight is 210 g/mol. The smallest absolute Gasteiger partial charge is 0.308 e. The predicted octanol–water partition coefficient (Wildman–Crippen LogP) is 2.09. The minimum Gasteiger partial charge on any atom is -0.465 e. The second kappa shape index (κ2) is 3.95. The van der Waals surface area contributed by atoms with Crippen molar-refractivity contribution in [2.75, 3.05) is 6.61 Å². The Hall–Kier alpha value is -0.860. The molecule has 2 aliphatic rings. The van der Waals surface area contributed by atoms with Crippen molar-refractivity contribution in [1.29, 1.82) is 0 Å². The molecule has 2 aliphatic carbocycles. The zero-order valence-electron chi connectivity index (χ0n) is 9.25. The molecular formula is C12H18O3. The minimum atomic E-state index is -0.0478. The number of hydrogen-bond donors (Lipinski definition) is 0. The number of ether oxygens (including phenoxy) is 1. The van der Waals surface area contributed by atoms with E-state index in [9.17, 15) is 9.59 Å². The number of carbonyl (C=O) groups excluding carboxylic acids is 2. The standard InChI is InChI=1S/C12H18O3/c1-2-3-4-15-11(14)9-5-12(6-9)7-10(13)8-12/h9H,2-8H2,1H3. The SMILES string of the molecule is CCCCOC(=O)C1CC2(CC(=O)C2)C1. The first-order chi connectivity index (χ1) is 7.15. The van der Waals surface area contributed by atoms with Crippen molar-refractivity contribution in [3.05, 3.63) is 0 Å². The Kier molecular flexibility index (Phi) is 2.81. The van der Waals surface area contributed by atoms with Gasteiger partial charge in [-0.1, -0.05) is 13.3 Å². The summed E-state index contributed by atoms with van der Waals surface area (Å²) in [4.78, 5) is 22.4. The zero-order chi connectivity index (χ0) is 10.9. The zero-order valence-corrected chi connectivity index (χ0v) is 9.25. The van der Waals surface area contributed by atoms with Crippen molar-refractivity contribution < 1.29 is 14.3 Å². The molecule has 0 N–H and O–H groups in total. The summed E-state index contributed by atoms with van der Waals surface area (Å²) < 4.78 is 5.15. The first-order valence-electron chi connectivity index (χ1n) is 5.83. The van der Waals surface area contributed by atoms with Gasteiger partial charge >= 0.3 is 5.97 Å². The number of carbonyl (C=O) groups is 2.